The summed E-state index contributed by atoms with van der Waals surface area (Å²) in [6.45, 7) is 8.99. The van der Waals surface area contributed by atoms with Crippen LogP contribution >= 0.6 is 11.6 Å². The van der Waals surface area contributed by atoms with Crippen molar-refractivity contribution in [3.8, 4) is 0 Å². The number of hydrogen-bond donors (Lipinski definition) is 1. The molecule has 0 atom stereocenters. The van der Waals surface area contributed by atoms with Crippen LogP contribution in [-0.2, 0) is 5.41 Å². The second-order valence-corrected chi connectivity index (χ2v) is 6.56. The molecule has 1 aliphatic rings. The fraction of sp³-hybridized carbons (Fsp3) is 0.647. The summed E-state index contributed by atoms with van der Waals surface area (Å²) in [6.07, 6.45) is 5.21. The molecule has 1 aromatic carbocycles. The second-order valence-electron chi connectivity index (χ2n) is 6.13. The highest BCUT2D eigenvalue weighted by Gasteiger charge is 2.52. The SMILES string of the molecule is CCNCC1(c2ccc(Cl)cc2)CC(CC)(CC)C1. The van der Waals surface area contributed by atoms with Gasteiger partial charge in [-0.25, -0.2) is 0 Å². The van der Waals surface area contributed by atoms with Gasteiger partial charge in [0.15, 0.2) is 0 Å². The van der Waals surface area contributed by atoms with E-state index in [1.54, 1.807) is 0 Å². The highest BCUT2D eigenvalue weighted by molar-refractivity contribution is 6.30. The highest BCUT2D eigenvalue weighted by atomic mass is 35.5. The van der Waals surface area contributed by atoms with Crippen molar-refractivity contribution in [3.63, 3.8) is 0 Å². The van der Waals surface area contributed by atoms with Crippen molar-refractivity contribution in [2.24, 2.45) is 5.41 Å². The third-order valence-corrected chi connectivity index (χ3v) is 5.35. The van der Waals surface area contributed by atoms with Crippen molar-refractivity contribution >= 4 is 11.6 Å². The summed E-state index contributed by atoms with van der Waals surface area (Å²) >= 11 is 6.02. The molecule has 0 saturated heterocycles. The Labute approximate surface area is 122 Å². The van der Waals surface area contributed by atoms with Crippen LogP contribution in [0.25, 0.3) is 0 Å². The Kier molecular flexibility index (Phi) is 4.58. The third kappa shape index (κ3) is 2.83. The summed E-state index contributed by atoms with van der Waals surface area (Å²) in [7, 11) is 0. The van der Waals surface area contributed by atoms with Gasteiger partial charge >= 0.3 is 0 Å². The number of benzene rings is 1. The zero-order chi connectivity index (χ0) is 13.9. The van der Waals surface area contributed by atoms with Crippen molar-refractivity contribution in [1.29, 1.82) is 0 Å². The molecule has 1 aliphatic carbocycles. The number of rotatable bonds is 6. The van der Waals surface area contributed by atoms with Crippen molar-refractivity contribution in [2.75, 3.05) is 13.1 Å². The Bertz CT molecular complexity index is 398. The fourth-order valence-corrected chi connectivity index (χ4v) is 3.86. The molecule has 0 radical (unpaired) electrons. The van der Waals surface area contributed by atoms with E-state index in [0.717, 1.165) is 18.1 Å². The largest absolute Gasteiger partial charge is 0.316 e. The molecule has 2 heteroatoms. The van der Waals surface area contributed by atoms with E-state index in [1.807, 2.05) is 12.1 Å². The summed E-state index contributed by atoms with van der Waals surface area (Å²) in [6, 6.07) is 8.49. The number of hydrogen-bond acceptors (Lipinski definition) is 1. The quantitative estimate of drug-likeness (QED) is 0.790. The van der Waals surface area contributed by atoms with Gasteiger partial charge in [-0.05, 0) is 42.5 Å². The lowest BCUT2D eigenvalue weighted by Crippen LogP contribution is -2.54. The Morgan fingerprint density at radius 2 is 1.63 bits per heavy atom. The number of nitrogens with one attached hydrogen (secondary N) is 1. The van der Waals surface area contributed by atoms with Gasteiger partial charge in [0.1, 0.15) is 0 Å². The van der Waals surface area contributed by atoms with E-state index in [2.05, 4.69) is 38.2 Å². The van der Waals surface area contributed by atoms with Crippen molar-refractivity contribution in [2.45, 2.75) is 51.9 Å². The number of likely N-dealkylation sites (N-methyl/N-ethyl adjacent to an activating group) is 1. The zero-order valence-corrected chi connectivity index (χ0v) is 13.2. The molecule has 0 aromatic heterocycles. The second kappa shape index (κ2) is 5.85. The molecule has 0 heterocycles. The molecule has 0 spiro atoms. The van der Waals surface area contributed by atoms with Gasteiger partial charge in [-0.3, -0.25) is 0 Å². The molecule has 0 unspecified atom stereocenters. The Morgan fingerprint density at radius 3 is 2.11 bits per heavy atom. The molecule has 1 N–H and O–H groups in total. The van der Waals surface area contributed by atoms with Gasteiger partial charge in [-0.2, -0.15) is 0 Å². The lowest BCUT2D eigenvalue weighted by molar-refractivity contribution is 0.0132. The summed E-state index contributed by atoms with van der Waals surface area (Å²) in [4.78, 5) is 0. The molecule has 106 valence electrons. The molecular weight excluding hydrogens is 254 g/mol. The molecular formula is C17H26ClN. The Balaban J connectivity index is 2.21. The first-order valence-corrected chi connectivity index (χ1v) is 7.94. The summed E-state index contributed by atoms with van der Waals surface area (Å²) < 4.78 is 0. The van der Waals surface area contributed by atoms with E-state index >= 15 is 0 Å². The van der Waals surface area contributed by atoms with Crippen LogP contribution in [0, 0.1) is 5.41 Å². The third-order valence-electron chi connectivity index (χ3n) is 5.10. The van der Waals surface area contributed by atoms with Gasteiger partial charge in [0, 0.05) is 17.0 Å². The summed E-state index contributed by atoms with van der Waals surface area (Å²) in [5.74, 6) is 0. The van der Waals surface area contributed by atoms with Crippen LogP contribution in [0.1, 0.15) is 52.0 Å². The molecule has 0 aliphatic heterocycles. The molecule has 19 heavy (non-hydrogen) atoms. The van der Waals surface area contributed by atoms with Crippen LogP contribution in [0.15, 0.2) is 24.3 Å². The lowest BCUT2D eigenvalue weighted by Gasteiger charge is -2.57. The fourth-order valence-electron chi connectivity index (χ4n) is 3.73. The maximum Gasteiger partial charge on any atom is 0.0406 e. The molecule has 0 amide bonds. The first kappa shape index (κ1) is 14.9. The van der Waals surface area contributed by atoms with Crippen molar-refractivity contribution in [1.82, 2.24) is 5.32 Å². The normalized spacial score (nSPS) is 20.0. The van der Waals surface area contributed by atoms with E-state index in [9.17, 15) is 0 Å². The van der Waals surface area contributed by atoms with Crippen LogP contribution < -0.4 is 5.32 Å². The van der Waals surface area contributed by atoms with Gasteiger partial charge in [0.2, 0.25) is 0 Å². The first-order valence-electron chi connectivity index (χ1n) is 7.56. The lowest BCUT2D eigenvalue weighted by atomic mass is 9.48. The monoisotopic (exact) mass is 279 g/mol. The van der Waals surface area contributed by atoms with Crippen molar-refractivity contribution < 1.29 is 0 Å². The highest BCUT2D eigenvalue weighted by Crippen LogP contribution is 2.59. The topological polar surface area (TPSA) is 12.0 Å². The van der Waals surface area contributed by atoms with Crippen LogP contribution in [0.4, 0.5) is 0 Å². The minimum absolute atomic E-state index is 0.326. The first-order chi connectivity index (χ1) is 9.10. The van der Waals surface area contributed by atoms with E-state index < -0.39 is 0 Å². The predicted molar refractivity (Wildman–Crippen MR) is 83.9 cm³/mol. The smallest absolute Gasteiger partial charge is 0.0406 e. The van der Waals surface area contributed by atoms with E-state index in [4.69, 9.17) is 11.6 Å². The maximum absolute atomic E-state index is 6.02. The number of halogens is 1. The Morgan fingerprint density at radius 1 is 1.05 bits per heavy atom. The standard InChI is InChI=1S/C17H26ClN/c1-4-16(5-2)11-17(12-16,13-19-6-3)14-7-9-15(18)10-8-14/h7-10,19H,4-6,11-13H2,1-3H3. The summed E-state index contributed by atoms with van der Waals surface area (Å²) in [5.41, 5.74) is 2.34. The van der Waals surface area contributed by atoms with Gasteiger partial charge in [-0.1, -0.05) is 57.3 Å². The molecule has 0 bridgehead atoms. The van der Waals surface area contributed by atoms with Crippen LogP contribution in [0.3, 0.4) is 0 Å². The molecule has 1 saturated carbocycles. The van der Waals surface area contributed by atoms with E-state index in [-0.39, 0.29) is 0 Å². The van der Waals surface area contributed by atoms with E-state index in [1.165, 1.54) is 31.2 Å². The molecule has 1 aromatic rings. The summed E-state index contributed by atoms with van der Waals surface area (Å²) in [5, 5.41) is 4.39. The van der Waals surface area contributed by atoms with Gasteiger partial charge in [-0.15, -0.1) is 0 Å². The average Bonchev–Trinajstić information content (AvgIpc) is 2.40. The van der Waals surface area contributed by atoms with Crippen LogP contribution in [-0.4, -0.2) is 13.1 Å². The predicted octanol–water partition coefficient (Wildman–Crippen LogP) is 4.79. The molecule has 1 nitrogen and oxygen atoms in total. The molecule has 1 fully saturated rings. The van der Waals surface area contributed by atoms with Crippen LogP contribution in [0.2, 0.25) is 5.02 Å². The van der Waals surface area contributed by atoms with Gasteiger partial charge < -0.3 is 5.32 Å². The molecule has 2 rings (SSSR count). The minimum Gasteiger partial charge on any atom is -0.316 e. The van der Waals surface area contributed by atoms with Gasteiger partial charge in [0.25, 0.3) is 0 Å². The zero-order valence-electron chi connectivity index (χ0n) is 12.4. The van der Waals surface area contributed by atoms with Crippen LogP contribution in [0.5, 0.6) is 0 Å². The van der Waals surface area contributed by atoms with E-state index in [0.29, 0.717) is 10.8 Å². The Hall–Kier alpha value is -0.530. The van der Waals surface area contributed by atoms with Crippen molar-refractivity contribution in [3.05, 3.63) is 34.9 Å². The maximum atomic E-state index is 6.02. The van der Waals surface area contributed by atoms with Gasteiger partial charge in [0.05, 0.1) is 0 Å². The average molecular weight is 280 g/mol. The minimum atomic E-state index is 0.326.